The molecule has 1 aromatic carbocycles. The summed E-state index contributed by atoms with van der Waals surface area (Å²) in [7, 11) is 1.58. The first-order chi connectivity index (χ1) is 14.6. The van der Waals surface area contributed by atoms with E-state index in [1.54, 1.807) is 7.05 Å². The van der Waals surface area contributed by atoms with Crippen molar-refractivity contribution >= 4 is 17.5 Å². The number of nitrogens with one attached hydrogen (secondary N) is 1. The van der Waals surface area contributed by atoms with E-state index in [-0.39, 0.29) is 40.9 Å². The number of carboxylic acid groups (broad SMARTS) is 1. The number of rotatable bonds is 6. The lowest BCUT2D eigenvalue weighted by molar-refractivity contribution is -0.139. The SMILES string of the molecule is CNc1cc(-c2ccc(OCCC3CN(C(=O)O)C3)c(C(F)(F)F)c2)nc(C#N)c1N. The van der Waals surface area contributed by atoms with E-state index in [4.69, 9.17) is 15.6 Å². The topological polar surface area (TPSA) is 124 Å². The first-order valence-corrected chi connectivity index (χ1v) is 9.34. The number of carbonyl (C=O) groups is 1. The summed E-state index contributed by atoms with van der Waals surface area (Å²) in [6.07, 6.45) is -5.23. The lowest BCUT2D eigenvalue weighted by atomic mass is 9.97. The molecule has 1 saturated heterocycles. The molecule has 3 rings (SSSR count). The van der Waals surface area contributed by atoms with Crippen molar-refractivity contribution < 1.29 is 27.8 Å². The van der Waals surface area contributed by atoms with E-state index in [1.807, 2.05) is 6.07 Å². The van der Waals surface area contributed by atoms with E-state index in [0.29, 0.717) is 25.2 Å². The van der Waals surface area contributed by atoms with E-state index in [9.17, 15) is 23.2 Å². The number of pyridine rings is 1. The minimum atomic E-state index is -4.67. The molecular weight excluding hydrogens is 415 g/mol. The van der Waals surface area contributed by atoms with Gasteiger partial charge in [-0.25, -0.2) is 9.78 Å². The normalized spacial score (nSPS) is 14.0. The second-order valence-corrected chi connectivity index (χ2v) is 7.08. The van der Waals surface area contributed by atoms with Crippen LogP contribution >= 0.6 is 0 Å². The molecule has 31 heavy (non-hydrogen) atoms. The molecule has 0 spiro atoms. The highest BCUT2D eigenvalue weighted by atomic mass is 19.4. The molecule has 8 nitrogen and oxygen atoms in total. The van der Waals surface area contributed by atoms with Gasteiger partial charge in [0.1, 0.15) is 11.8 Å². The summed E-state index contributed by atoms with van der Waals surface area (Å²) in [5, 5.41) is 20.8. The molecule has 1 fully saturated rings. The number of aromatic nitrogens is 1. The van der Waals surface area contributed by atoms with Gasteiger partial charge in [-0.2, -0.15) is 18.4 Å². The van der Waals surface area contributed by atoms with Crippen LogP contribution in [0.2, 0.25) is 0 Å². The second-order valence-electron chi connectivity index (χ2n) is 7.08. The predicted molar refractivity (Wildman–Crippen MR) is 107 cm³/mol. The Kier molecular flexibility index (Phi) is 6.10. The quantitative estimate of drug-likeness (QED) is 0.633. The number of hydrogen-bond acceptors (Lipinski definition) is 6. The third-order valence-corrected chi connectivity index (χ3v) is 5.03. The second kappa shape index (κ2) is 8.59. The van der Waals surface area contributed by atoms with Crippen LogP contribution in [0.4, 0.5) is 29.3 Å². The molecule has 2 aromatic rings. The Morgan fingerprint density at radius 3 is 2.71 bits per heavy atom. The van der Waals surface area contributed by atoms with Gasteiger partial charge in [0.15, 0.2) is 5.69 Å². The van der Waals surface area contributed by atoms with Crippen molar-refractivity contribution in [1.82, 2.24) is 9.88 Å². The number of amides is 1. The van der Waals surface area contributed by atoms with Crippen LogP contribution in [0.5, 0.6) is 5.75 Å². The average Bonchev–Trinajstić information content (AvgIpc) is 2.68. The average molecular weight is 435 g/mol. The molecule has 0 aliphatic carbocycles. The molecule has 0 saturated carbocycles. The summed E-state index contributed by atoms with van der Waals surface area (Å²) in [6.45, 7) is 0.729. The summed E-state index contributed by atoms with van der Waals surface area (Å²) >= 11 is 0. The number of nitrogen functional groups attached to an aromatic ring is 1. The number of anilines is 2. The maximum Gasteiger partial charge on any atom is 0.419 e. The van der Waals surface area contributed by atoms with E-state index >= 15 is 0 Å². The zero-order valence-electron chi connectivity index (χ0n) is 16.5. The van der Waals surface area contributed by atoms with Gasteiger partial charge in [0.05, 0.1) is 29.2 Å². The molecule has 164 valence electrons. The van der Waals surface area contributed by atoms with Crippen molar-refractivity contribution in [3.8, 4) is 23.1 Å². The van der Waals surface area contributed by atoms with Crippen molar-refractivity contribution in [2.75, 3.05) is 37.8 Å². The Morgan fingerprint density at radius 2 is 2.13 bits per heavy atom. The third kappa shape index (κ3) is 4.74. The predicted octanol–water partition coefficient (Wildman–Crippen LogP) is 3.64. The number of nitrogens with two attached hydrogens (primary N) is 1. The van der Waals surface area contributed by atoms with Crippen LogP contribution in [-0.4, -0.2) is 47.8 Å². The zero-order valence-corrected chi connectivity index (χ0v) is 16.5. The van der Waals surface area contributed by atoms with Crippen molar-refractivity contribution in [1.29, 1.82) is 5.26 Å². The lowest BCUT2D eigenvalue weighted by Gasteiger charge is -2.37. The highest BCUT2D eigenvalue weighted by Gasteiger charge is 2.35. The van der Waals surface area contributed by atoms with Gasteiger partial charge in [-0.15, -0.1) is 0 Å². The van der Waals surface area contributed by atoms with Gasteiger partial charge in [0.25, 0.3) is 0 Å². The minimum Gasteiger partial charge on any atom is -0.493 e. The fraction of sp³-hybridized carbons (Fsp3) is 0.350. The van der Waals surface area contributed by atoms with Gasteiger partial charge in [-0.1, -0.05) is 0 Å². The molecule has 11 heteroatoms. The highest BCUT2D eigenvalue weighted by Crippen LogP contribution is 2.39. The number of alkyl halides is 3. The molecule has 0 unspecified atom stereocenters. The first kappa shape index (κ1) is 22.0. The summed E-state index contributed by atoms with van der Waals surface area (Å²) in [4.78, 5) is 16.1. The zero-order chi connectivity index (χ0) is 22.8. The number of halogens is 3. The molecule has 0 radical (unpaired) electrons. The Morgan fingerprint density at radius 1 is 1.42 bits per heavy atom. The minimum absolute atomic E-state index is 0.0309. The van der Waals surface area contributed by atoms with Gasteiger partial charge in [0, 0.05) is 25.7 Å². The van der Waals surface area contributed by atoms with Gasteiger partial charge in [-0.05, 0) is 36.6 Å². The standard InChI is InChI=1S/C20H20F3N5O3/c1-26-15-7-14(27-16(8-24)18(15)25)12-2-3-17(13(6-12)20(21,22)23)31-5-4-11-9-28(10-11)19(29)30/h2-3,6-7,11H,4-5,9-10,25H2,1H3,(H,26,27)(H,29,30). The number of benzene rings is 1. The van der Waals surface area contributed by atoms with Crippen LogP contribution in [0.25, 0.3) is 11.3 Å². The summed E-state index contributed by atoms with van der Waals surface area (Å²) in [5.41, 5.74) is 5.57. The summed E-state index contributed by atoms with van der Waals surface area (Å²) < 4.78 is 46.3. The van der Waals surface area contributed by atoms with Crippen molar-refractivity contribution in [2.24, 2.45) is 5.92 Å². The number of ether oxygens (including phenoxy) is 1. The molecule has 1 amide bonds. The smallest absolute Gasteiger partial charge is 0.419 e. The lowest BCUT2D eigenvalue weighted by Crippen LogP contribution is -2.49. The highest BCUT2D eigenvalue weighted by molar-refractivity contribution is 5.77. The van der Waals surface area contributed by atoms with Crippen LogP contribution in [0.3, 0.4) is 0 Å². The summed E-state index contributed by atoms with van der Waals surface area (Å²) in [6, 6.07) is 6.87. The number of hydrogen-bond donors (Lipinski definition) is 3. The van der Waals surface area contributed by atoms with E-state index in [2.05, 4.69) is 10.3 Å². The van der Waals surface area contributed by atoms with Crippen LogP contribution < -0.4 is 15.8 Å². The molecule has 2 heterocycles. The number of likely N-dealkylation sites (tertiary alicyclic amines) is 1. The Hall–Kier alpha value is -3.68. The van der Waals surface area contributed by atoms with Gasteiger partial charge < -0.3 is 25.8 Å². The third-order valence-electron chi connectivity index (χ3n) is 5.03. The molecule has 0 atom stereocenters. The van der Waals surface area contributed by atoms with E-state index in [1.165, 1.54) is 23.1 Å². The van der Waals surface area contributed by atoms with Gasteiger partial charge in [0.2, 0.25) is 0 Å². The largest absolute Gasteiger partial charge is 0.493 e. The van der Waals surface area contributed by atoms with Crippen LogP contribution in [0.1, 0.15) is 17.7 Å². The maximum absolute atomic E-state index is 13.6. The van der Waals surface area contributed by atoms with Crippen molar-refractivity contribution in [3.63, 3.8) is 0 Å². The molecular formula is C20H20F3N5O3. The van der Waals surface area contributed by atoms with Crippen LogP contribution in [-0.2, 0) is 6.18 Å². The molecule has 1 aromatic heterocycles. The summed E-state index contributed by atoms with van der Waals surface area (Å²) in [5.74, 6) is -0.261. The number of nitriles is 1. The maximum atomic E-state index is 13.6. The first-order valence-electron chi connectivity index (χ1n) is 9.34. The molecule has 1 aliphatic heterocycles. The van der Waals surface area contributed by atoms with Gasteiger partial charge in [-0.3, -0.25) is 0 Å². The van der Waals surface area contributed by atoms with E-state index < -0.39 is 17.8 Å². The Labute approximate surface area is 176 Å². The van der Waals surface area contributed by atoms with E-state index in [0.717, 1.165) is 6.07 Å². The van der Waals surface area contributed by atoms with Crippen LogP contribution in [0.15, 0.2) is 24.3 Å². The number of nitrogens with zero attached hydrogens (tertiary/aromatic N) is 3. The molecule has 0 bridgehead atoms. The monoisotopic (exact) mass is 435 g/mol. The van der Waals surface area contributed by atoms with Crippen molar-refractivity contribution in [2.45, 2.75) is 12.6 Å². The van der Waals surface area contributed by atoms with Crippen molar-refractivity contribution in [3.05, 3.63) is 35.5 Å². The Balaban J connectivity index is 1.81. The van der Waals surface area contributed by atoms with Gasteiger partial charge >= 0.3 is 12.3 Å². The van der Waals surface area contributed by atoms with Crippen LogP contribution in [0, 0.1) is 17.2 Å². The molecule has 1 aliphatic rings. The fourth-order valence-electron chi connectivity index (χ4n) is 3.28. The Bertz CT molecular complexity index is 1030. The molecule has 4 N–H and O–H groups in total. The fourth-order valence-corrected chi connectivity index (χ4v) is 3.28.